The van der Waals surface area contributed by atoms with Gasteiger partial charge in [0.1, 0.15) is 11.9 Å². The number of nitrogens with zero attached hydrogens (tertiary/aromatic N) is 2. The predicted octanol–water partition coefficient (Wildman–Crippen LogP) is 2.71. The number of carbonyl (C=O) groups is 1. The molecule has 2 rings (SSSR count). The Labute approximate surface area is 113 Å². The minimum Gasteiger partial charge on any atom is -0.364 e. The van der Waals surface area contributed by atoms with E-state index in [0.29, 0.717) is 5.56 Å². The van der Waals surface area contributed by atoms with Gasteiger partial charge in [0.2, 0.25) is 0 Å². The zero-order valence-corrected chi connectivity index (χ0v) is 11.7. The summed E-state index contributed by atoms with van der Waals surface area (Å²) >= 11 is 9.22. The second-order valence-electron chi connectivity index (χ2n) is 3.92. The summed E-state index contributed by atoms with van der Waals surface area (Å²) < 4.78 is 5.78. The number of hydrogen-bond donors (Lipinski definition) is 0. The van der Waals surface area contributed by atoms with Gasteiger partial charge in [-0.3, -0.25) is 4.79 Å². The van der Waals surface area contributed by atoms with Crippen LogP contribution in [0.2, 0.25) is 5.15 Å². The summed E-state index contributed by atoms with van der Waals surface area (Å²) in [7, 11) is 1.57. The van der Waals surface area contributed by atoms with Crippen molar-refractivity contribution in [2.45, 2.75) is 18.9 Å². The van der Waals surface area contributed by atoms with Crippen molar-refractivity contribution in [3.8, 4) is 0 Å². The van der Waals surface area contributed by atoms with E-state index in [-0.39, 0.29) is 23.8 Å². The van der Waals surface area contributed by atoms with Crippen molar-refractivity contribution in [1.29, 1.82) is 0 Å². The van der Waals surface area contributed by atoms with E-state index >= 15 is 0 Å². The first kappa shape index (κ1) is 12.8. The van der Waals surface area contributed by atoms with E-state index in [9.17, 15) is 4.79 Å². The van der Waals surface area contributed by atoms with Crippen LogP contribution in [0.25, 0.3) is 0 Å². The Morgan fingerprint density at radius 1 is 1.71 bits per heavy atom. The third-order valence-electron chi connectivity index (χ3n) is 2.55. The number of carbonyl (C=O) groups excluding carboxylic acids is 1. The van der Waals surface area contributed by atoms with Gasteiger partial charge in [-0.15, -0.1) is 0 Å². The van der Waals surface area contributed by atoms with E-state index in [1.54, 1.807) is 24.3 Å². The van der Waals surface area contributed by atoms with Gasteiger partial charge in [0.15, 0.2) is 0 Å². The summed E-state index contributed by atoms with van der Waals surface area (Å²) in [6, 6.07) is 1.96. The lowest BCUT2D eigenvalue weighted by molar-refractivity contribution is 0.0389. The van der Waals surface area contributed by atoms with Gasteiger partial charge in [-0.1, -0.05) is 11.6 Å². The first-order chi connectivity index (χ1) is 8.13. The molecule has 0 radical (unpaired) electrons. The zero-order chi connectivity index (χ0) is 12.4. The number of methoxy groups -OCH3 is 1. The Morgan fingerprint density at radius 2 is 2.41 bits per heavy atom. The summed E-state index contributed by atoms with van der Waals surface area (Å²) in [5.41, 5.74) is 0.407. The van der Waals surface area contributed by atoms with Gasteiger partial charge in [-0.25, -0.2) is 4.98 Å². The molecule has 1 saturated carbocycles. The van der Waals surface area contributed by atoms with Crippen LogP contribution >= 0.6 is 27.5 Å². The van der Waals surface area contributed by atoms with E-state index in [2.05, 4.69) is 20.9 Å². The molecule has 4 nitrogen and oxygen atoms in total. The van der Waals surface area contributed by atoms with Crippen LogP contribution in [0.1, 0.15) is 23.2 Å². The Hall–Kier alpha value is -0.650. The minimum absolute atomic E-state index is 0.131. The largest absolute Gasteiger partial charge is 0.364 e. The SMILES string of the molecule is COCN(C(=O)c1cc(Br)cnc1Cl)C1CC1. The summed E-state index contributed by atoms with van der Waals surface area (Å²) in [5, 5.41) is 0.222. The monoisotopic (exact) mass is 318 g/mol. The molecule has 17 heavy (non-hydrogen) atoms. The van der Waals surface area contributed by atoms with Crippen LogP contribution in [-0.2, 0) is 4.74 Å². The van der Waals surface area contributed by atoms with Gasteiger partial charge in [-0.2, -0.15) is 0 Å². The van der Waals surface area contributed by atoms with Crippen molar-refractivity contribution in [2.24, 2.45) is 0 Å². The molecular formula is C11H12BrClN2O2. The number of hydrogen-bond acceptors (Lipinski definition) is 3. The van der Waals surface area contributed by atoms with E-state index in [1.807, 2.05) is 0 Å². The highest BCUT2D eigenvalue weighted by Gasteiger charge is 2.33. The van der Waals surface area contributed by atoms with E-state index in [0.717, 1.165) is 17.3 Å². The molecule has 1 aromatic rings. The highest BCUT2D eigenvalue weighted by molar-refractivity contribution is 9.10. The van der Waals surface area contributed by atoms with Gasteiger partial charge in [0.05, 0.1) is 5.56 Å². The fourth-order valence-corrected chi connectivity index (χ4v) is 2.10. The smallest absolute Gasteiger partial charge is 0.259 e. The lowest BCUT2D eigenvalue weighted by Crippen LogP contribution is -2.35. The summed E-state index contributed by atoms with van der Waals surface area (Å²) in [4.78, 5) is 17.9. The molecule has 1 amide bonds. The minimum atomic E-state index is -0.131. The molecule has 0 bridgehead atoms. The second-order valence-corrected chi connectivity index (χ2v) is 5.19. The van der Waals surface area contributed by atoms with Gasteiger partial charge < -0.3 is 9.64 Å². The fraction of sp³-hybridized carbons (Fsp3) is 0.455. The van der Waals surface area contributed by atoms with Gasteiger partial charge >= 0.3 is 0 Å². The van der Waals surface area contributed by atoms with Crippen LogP contribution in [0.15, 0.2) is 16.7 Å². The molecule has 0 spiro atoms. The zero-order valence-electron chi connectivity index (χ0n) is 9.32. The molecule has 0 N–H and O–H groups in total. The lowest BCUT2D eigenvalue weighted by atomic mass is 10.2. The van der Waals surface area contributed by atoms with Crippen LogP contribution in [0.3, 0.4) is 0 Å². The number of pyridine rings is 1. The molecule has 1 heterocycles. The van der Waals surface area contributed by atoms with Crippen LogP contribution in [0.5, 0.6) is 0 Å². The Kier molecular flexibility index (Phi) is 4.01. The fourth-order valence-electron chi connectivity index (χ4n) is 1.58. The maximum Gasteiger partial charge on any atom is 0.259 e. The summed E-state index contributed by atoms with van der Waals surface area (Å²) in [6.45, 7) is 0.284. The third-order valence-corrected chi connectivity index (χ3v) is 3.29. The number of halogens is 2. The molecule has 1 fully saturated rings. The first-order valence-corrected chi connectivity index (χ1v) is 6.41. The number of ether oxygens (including phenoxy) is 1. The van der Waals surface area contributed by atoms with Crippen LogP contribution in [0.4, 0.5) is 0 Å². The quantitative estimate of drug-likeness (QED) is 0.633. The normalized spacial score (nSPS) is 14.8. The first-order valence-electron chi connectivity index (χ1n) is 5.24. The van der Waals surface area contributed by atoms with E-state index < -0.39 is 0 Å². The molecule has 0 unspecified atom stereocenters. The number of amides is 1. The highest BCUT2D eigenvalue weighted by Crippen LogP contribution is 2.29. The maximum absolute atomic E-state index is 12.3. The van der Waals surface area contributed by atoms with Crippen molar-refractivity contribution in [1.82, 2.24) is 9.88 Å². The van der Waals surface area contributed by atoms with E-state index in [4.69, 9.17) is 16.3 Å². The average Bonchev–Trinajstić information content (AvgIpc) is 3.12. The summed E-state index contributed by atoms with van der Waals surface area (Å²) in [5.74, 6) is -0.131. The molecule has 1 aromatic heterocycles. The molecule has 0 aliphatic heterocycles. The van der Waals surface area contributed by atoms with Crippen LogP contribution in [-0.4, -0.2) is 35.7 Å². The lowest BCUT2D eigenvalue weighted by Gasteiger charge is -2.21. The van der Waals surface area contributed by atoms with Crippen LogP contribution < -0.4 is 0 Å². The molecular weight excluding hydrogens is 307 g/mol. The van der Waals surface area contributed by atoms with Gasteiger partial charge in [-0.05, 0) is 34.8 Å². The molecule has 92 valence electrons. The van der Waals surface area contributed by atoms with Gasteiger partial charge in [0.25, 0.3) is 5.91 Å². The van der Waals surface area contributed by atoms with E-state index in [1.165, 1.54) is 0 Å². The average molecular weight is 320 g/mol. The number of rotatable bonds is 4. The standard InChI is InChI=1S/C11H12BrClN2O2/c1-17-6-15(8-2-3-8)11(16)9-4-7(12)5-14-10(9)13/h4-5,8H,2-3,6H2,1H3. The van der Waals surface area contributed by atoms with Crippen LogP contribution in [0, 0.1) is 0 Å². The third kappa shape index (κ3) is 2.97. The molecule has 0 saturated heterocycles. The van der Waals surface area contributed by atoms with Crippen molar-refractivity contribution in [3.05, 3.63) is 27.5 Å². The Balaban J connectivity index is 2.24. The topological polar surface area (TPSA) is 42.4 Å². The molecule has 6 heteroatoms. The highest BCUT2D eigenvalue weighted by atomic mass is 79.9. The van der Waals surface area contributed by atoms with Crippen molar-refractivity contribution >= 4 is 33.4 Å². The Bertz CT molecular complexity index is 437. The number of aromatic nitrogens is 1. The van der Waals surface area contributed by atoms with Crippen molar-refractivity contribution in [3.63, 3.8) is 0 Å². The summed E-state index contributed by atoms with van der Waals surface area (Å²) in [6.07, 6.45) is 3.61. The predicted molar refractivity (Wildman–Crippen MR) is 68.0 cm³/mol. The van der Waals surface area contributed by atoms with Crippen molar-refractivity contribution < 1.29 is 9.53 Å². The molecule has 0 aromatic carbocycles. The maximum atomic E-state index is 12.3. The van der Waals surface area contributed by atoms with Crippen molar-refractivity contribution in [2.75, 3.05) is 13.8 Å². The Morgan fingerprint density at radius 3 is 3.00 bits per heavy atom. The molecule has 1 aliphatic rings. The van der Waals surface area contributed by atoms with Gasteiger partial charge in [0, 0.05) is 23.8 Å². The molecule has 1 aliphatic carbocycles. The molecule has 0 atom stereocenters. The second kappa shape index (κ2) is 5.33.